The van der Waals surface area contributed by atoms with Gasteiger partial charge < -0.3 is 5.32 Å². The zero-order valence-corrected chi connectivity index (χ0v) is 14.4. The van der Waals surface area contributed by atoms with Crippen molar-refractivity contribution < 1.29 is 0 Å². The standard InChI is InChI=1S/C17H20N6.ClH/c1-22-16-3-2-13(10-15(16)20-21-22)12-23-9-8-19-11-17(23)14-4-6-18-7-5-14;/h2-7,10,17,19H,8-9,11-12H2,1H3;1H. The molecular weight excluding hydrogens is 324 g/mol. The topological polar surface area (TPSA) is 58.9 Å². The van der Waals surface area contributed by atoms with Gasteiger partial charge >= 0.3 is 0 Å². The van der Waals surface area contributed by atoms with Crippen LogP contribution in [0.15, 0.2) is 42.7 Å². The third-order valence-electron chi connectivity index (χ3n) is 4.51. The smallest absolute Gasteiger partial charge is 0.113 e. The van der Waals surface area contributed by atoms with Crippen LogP contribution in [0.1, 0.15) is 17.2 Å². The van der Waals surface area contributed by atoms with Gasteiger partial charge in [0.15, 0.2) is 0 Å². The number of benzene rings is 1. The number of hydrogen-bond acceptors (Lipinski definition) is 5. The van der Waals surface area contributed by atoms with Crippen LogP contribution in [0, 0.1) is 0 Å². The highest BCUT2D eigenvalue weighted by atomic mass is 35.5. The summed E-state index contributed by atoms with van der Waals surface area (Å²) in [6.45, 7) is 3.94. The first kappa shape index (κ1) is 16.8. The molecule has 3 heterocycles. The van der Waals surface area contributed by atoms with Crippen molar-refractivity contribution in [2.45, 2.75) is 12.6 Å². The van der Waals surface area contributed by atoms with Gasteiger partial charge in [0, 0.05) is 51.7 Å². The average molecular weight is 345 g/mol. The summed E-state index contributed by atoms with van der Waals surface area (Å²) < 4.78 is 1.81. The summed E-state index contributed by atoms with van der Waals surface area (Å²) in [5.41, 5.74) is 4.62. The molecule has 1 aliphatic heterocycles. The Morgan fingerprint density at radius 2 is 2.04 bits per heavy atom. The molecule has 1 fully saturated rings. The molecule has 0 spiro atoms. The number of pyridine rings is 1. The van der Waals surface area contributed by atoms with Crippen molar-refractivity contribution in [1.82, 2.24) is 30.2 Å². The maximum atomic E-state index is 4.22. The molecule has 3 aromatic rings. The van der Waals surface area contributed by atoms with Gasteiger partial charge in [-0.05, 0) is 35.4 Å². The third-order valence-corrected chi connectivity index (χ3v) is 4.51. The molecule has 2 aromatic heterocycles. The summed E-state index contributed by atoms with van der Waals surface area (Å²) in [7, 11) is 1.92. The minimum Gasteiger partial charge on any atom is -0.314 e. The number of nitrogens with zero attached hydrogens (tertiary/aromatic N) is 5. The lowest BCUT2D eigenvalue weighted by Crippen LogP contribution is -2.45. The van der Waals surface area contributed by atoms with Crippen LogP contribution in [0.4, 0.5) is 0 Å². The monoisotopic (exact) mass is 344 g/mol. The van der Waals surface area contributed by atoms with E-state index < -0.39 is 0 Å². The van der Waals surface area contributed by atoms with E-state index >= 15 is 0 Å². The van der Waals surface area contributed by atoms with Crippen LogP contribution in [0.25, 0.3) is 11.0 Å². The Bertz CT molecular complexity index is 803. The second-order valence-electron chi connectivity index (χ2n) is 6.01. The van der Waals surface area contributed by atoms with Crippen molar-refractivity contribution in [2.75, 3.05) is 19.6 Å². The second kappa shape index (κ2) is 7.25. The van der Waals surface area contributed by atoms with Crippen molar-refractivity contribution in [2.24, 2.45) is 7.05 Å². The minimum atomic E-state index is 0. The normalized spacial score (nSPS) is 18.5. The first-order chi connectivity index (χ1) is 11.3. The van der Waals surface area contributed by atoms with Crippen LogP contribution in [-0.2, 0) is 13.6 Å². The molecule has 0 amide bonds. The second-order valence-corrected chi connectivity index (χ2v) is 6.01. The zero-order valence-electron chi connectivity index (χ0n) is 13.6. The Kier molecular flexibility index (Phi) is 5.08. The maximum absolute atomic E-state index is 4.22. The van der Waals surface area contributed by atoms with Crippen LogP contribution in [0.2, 0.25) is 0 Å². The highest BCUT2D eigenvalue weighted by Gasteiger charge is 2.23. The van der Waals surface area contributed by atoms with Crippen molar-refractivity contribution in [1.29, 1.82) is 0 Å². The van der Waals surface area contributed by atoms with Gasteiger partial charge in [-0.2, -0.15) is 0 Å². The average Bonchev–Trinajstić information content (AvgIpc) is 2.97. The Morgan fingerprint density at radius 1 is 1.21 bits per heavy atom. The number of nitrogens with one attached hydrogen (secondary N) is 1. The molecule has 0 bridgehead atoms. The van der Waals surface area contributed by atoms with Gasteiger partial charge in [-0.3, -0.25) is 9.88 Å². The Labute approximate surface area is 147 Å². The Hall–Kier alpha value is -2.02. The number of piperazine rings is 1. The SMILES string of the molecule is Cl.Cn1nnc2cc(CN3CCNCC3c3ccncc3)ccc21. The van der Waals surface area contributed by atoms with Crippen LogP contribution in [-0.4, -0.2) is 44.5 Å². The fraction of sp³-hybridized carbons (Fsp3) is 0.353. The van der Waals surface area contributed by atoms with E-state index in [0.717, 1.165) is 37.2 Å². The lowest BCUT2D eigenvalue weighted by molar-refractivity contribution is 0.154. The van der Waals surface area contributed by atoms with E-state index in [1.54, 1.807) is 0 Å². The number of rotatable bonds is 3. The van der Waals surface area contributed by atoms with Gasteiger partial charge in [-0.25, -0.2) is 4.68 Å². The summed E-state index contributed by atoms with van der Waals surface area (Å²) in [6.07, 6.45) is 3.74. The van der Waals surface area contributed by atoms with Crippen LogP contribution in [0.5, 0.6) is 0 Å². The predicted molar refractivity (Wildman–Crippen MR) is 96.0 cm³/mol. The summed E-state index contributed by atoms with van der Waals surface area (Å²) in [5, 5.41) is 11.8. The first-order valence-electron chi connectivity index (χ1n) is 7.94. The van der Waals surface area contributed by atoms with Gasteiger partial charge in [0.2, 0.25) is 0 Å². The van der Waals surface area contributed by atoms with E-state index in [-0.39, 0.29) is 12.4 Å². The summed E-state index contributed by atoms with van der Waals surface area (Å²) >= 11 is 0. The van der Waals surface area contributed by atoms with Gasteiger partial charge in [0.25, 0.3) is 0 Å². The van der Waals surface area contributed by atoms with Gasteiger partial charge in [0.1, 0.15) is 5.52 Å². The number of fused-ring (bicyclic) bond motifs is 1. The van der Waals surface area contributed by atoms with E-state index in [1.165, 1.54) is 11.1 Å². The summed E-state index contributed by atoms with van der Waals surface area (Å²) in [6, 6.07) is 11.0. The van der Waals surface area contributed by atoms with Crippen molar-refractivity contribution in [3.63, 3.8) is 0 Å². The van der Waals surface area contributed by atoms with E-state index in [1.807, 2.05) is 24.1 Å². The molecule has 1 aromatic carbocycles. The van der Waals surface area contributed by atoms with Gasteiger partial charge in [-0.15, -0.1) is 17.5 Å². The number of halogens is 1. The molecule has 0 saturated carbocycles. The molecule has 7 heteroatoms. The lowest BCUT2D eigenvalue weighted by Gasteiger charge is -2.36. The molecule has 1 N–H and O–H groups in total. The van der Waals surface area contributed by atoms with Gasteiger partial charge in [-0.1, -0.05) is 11.3 Å². The first-order valence-corrected chi connectivity index (χ1v) is 7.94. The van der Waals surface area contributed by atoms with Crippen LogP contribution in [0.3, 0.4) is 0 Å². The number of hydrogen-bond donors (Lipinski definition) is 1. The fourth-order valence-corrected chi connectivity index (χ4v) is 3.27. The summed E-state index contributed by atoms with van der Waals surface area (Å²) in [5.74, 6) is 0. The quantitative estimate of drug-likeness (QED) is 0.786. The molecule has 1 aliphatic rings. The van der Waals surface area contributed by atoms with E-state index in [0.29, 0.717) is 6.04 Å². The number of aromatic nitrogens is 4. The molecule has 0 aliphatic carbocycles. The lowest BCUT2D eigenvalue weighted by atomic mass is 10.0. The van der Waals surface area contributed by atoms with E-state index in [2.05, 4.69) is 55.8 Å². The van der Waals surface area contributed by atoms with Gasteiger partial charge in [0.05, 0.1) is 5.52 Å². The molecule has 1 atom stereocenters. The molecule has 24 heavy (non-hydrogen) atoms. The number of aryl methyl sites for hydroxylation is 1. The molecular formula is C17H21ClN6. The molecule has 1 saturated heterocycles. The molecule has 4 rings (SSSR count). The fourth-order valence-electron chi connectivity index (χ4n) is 3.27. The largest absolute Gasteiger partial charge is 0.314 e. The van der Waals surface area contributed by atoms with Crippen LogP contribution < -0.4 is 5.32 Å². The highest BCUT2D eigenvalue weighted by Crippen LogP contribution is 2.24. The predicted octanol–water partition coefficient (Wildman–Crippen LogP) is 1.93. The van der Waals surface area contributed by atoms with Crippen LogP contribution >= 0.6 is 12.4 Å². The van der Waals surface area contributed by atoms with Crippen molar-refractivity contribution in [3.05, 3.63) is 53.9 Å². The molecule has 126 valence electrons. The molecule has 6 nitrogen and oxygen atoms in total. The summed E-state index contributed by atoms with van der Waals surface area (Å²) in [4.78, 5) is 6.65. The zero-order chi connectivity index (χ0) is 15.6. The van der Waals surface area contributed by atoms with E-state index in [9.17, 15) is 0 Å². The third kappa shape index (κ3) is 3.26. The highest BCUT2D eigenvalue weighted by molar-refractivity contribution is 5.85. The molecule has 0 radical (unpaired) electrons. The molecule has 1 unspecified atom stereocenters. The maximum Gasteiger partial charge on any atom is 0.113 e. The van der Waals surface area contributed by atoms with E-state index in [4.69, 9.17) is 0 Å². The van der Waals surface area contributed by atoms with Crippen molar-refractivity contribution >= 4 is 23.4 Å². The van der Waals surface area contributed by atoms with Crippen molar-refractivity contribution in [3.8, 4) is 0 Å². The Morgan fingerprint density at radius 3 is 2.88 bits per heavy atom. The minimum absolute atomic E-state index is 0. The Balaban J connectivity index is 0.00000169.